The maximum atomic E-state index is 13.0. The lowest BCUT2D eigenvalue weighted by atomic mass is 10.1. The van der Waals surface area contributed by atoms with Crippen molar-refractivity contribution in [1.29, 1.82) is 0 Å². The molecule has 0 saturated heterocycles. The minimum Gasteiger partial charge on any atom is -0.481 e. The first kappa shape index (κ1) is 21.9. The maximum Gasteiger partial charge on any atom is 0.313 e. The molecule has 0 saturated carbocycles. The van der Waals surface area contributed by atoms with Crippen LogP contribution < -0.4 is 0 Å². The van der Waals surface area contributed by atoms with E-state index in [2.05, 4.69) is 12.1 Å². The van der Waals surface area contributed by atoms with Gasteiger partial charge in [-0.2, -0.15) is 0 Å². The molecule has 25 heavy (non-hydrogen) atoms. The highest BCUT2D eigenvalue weighted by atomic mass is 31.2. The monoisotopic (exact) mass is 370 g/mol. The molecule has 2 atom stereocenters. The molecule has 0 fully saturated rings. The molecule has 0 bridgehead atoms. The van der Waals surface area contributed by atoms with Crippen molar-refractivity contribution in [2.45, 2.75) is 52.7 Å². The van der Waals surface area contributed by atoms with E-state index >= 15 is 0 Å². The summed E-state index contributed by atoms with van der Waals surface area (Å²) in [6.45, 7) is 6.32. The van der Waals surface area contributed by atoms with Crippen LogP contribution in [0, 0.1) is 5.92 Å². The molecule has 0 aliphatic rings. The summed E-state index contributed by atoms with van der Waals surface area (Å²) in [5, 5.41) is 9.12. The summed E-state index contributed by atoms with van der Waals surface area (Å²) >= 11 is 0. The third kappa shape index (κ3) is 9.20. The molecule has 0 spiro atoms. The van der Waals surface area contributed by atoms with Gasteiger partial charge in [0.15, 0.2) is 6.29 Å². The number of ether oxygens (including phenoxy) is 1. The van der Waals surface area contributed by atoms with Gasteiger partial charge in [0.2, 0.25) is 7.37 Å². The highest BCUT2D eigenvalue weighted by Gasteiger charge is 2.31. The second-order valence-electron chi connectivity index (χ2n) is 6.62. The van der Waals surface area contributed by atoms with Crippen molar-refractivity contribution >= 4 is 13.3 Å². The largest absolute Gasteiger partial charge is 0.481 e. The van der Waals surface area contributed by atoms with Gasteiger partial charge in [-0.15, -0.1) is 0 Å². The van der Waals surface area contributed by atoms with Crippen LogP contribution in [0.2, 0.25) is 0 Å². The fourth-order valence-corrected chi connectivity index (χ4v) is 4.61. The topological polar surface area (TPSA) is 72.8 Å². The molecule has 0 radical (unpaired) electrons. The standard InChI is InChI=1S/C19H31O5P/c1-4-13-23-19(16(2)3)24-25(22,15-18(20)21)14-9-8-12-17-10-6-5-7-11-17/h5-7,10-11,16,19H,4,8-9,12-15H2,1-3H3,(H,20,21)/t19-,25-/m0/s1. The van der Waals surface area contributed by atoms with Crippen LogP contribution in [-0.2, 0) is 25.0 Å². The quantitative estimate of drug-likeness (QED) is 0.307. The van der Waals surface area contributed by atoms with Crippen LogP contribution in [0.15, 0.2) is 30.3 Å². The molecule has 1 aromatic rings. The number of carboxylic acids is 1. The van der Waals surface area contributed by atoms with Crippen LogP contribution in [0.25, 0.3) is 0 Å². The number of rotatable bonds is 13. The van der Waals surface area contributed by atoms with Gasteiger partial charge in [-0.3, -0.25) is 13.9 Å². The SMILES string of the molecule is CCCO[C@@H](O[P@@](=O)(CCCCc1ccccc1)CC(=O)O)C(C)C. The van der Waals surface area contributed by atoms with E-state index in [1.807, 2.05) is 39.0 Å². The first-order valence-electron chi connectivity index (χ1n) is 9.00. The van der Waals surface area contributed by atoms with Crippen LogP contribution in [0.5, 0.6) is 0 Å². The molecule has 0 aromatic heterocycles. The van der Waals surface area contributed by atoms with Gasteiger partial charge in [-0.25, -0.2) is 0 Å². The van der Waals surface area contributed by atoms with E-state index in [1.54, 1.807) is 0 Å². The van der Waals surface area contributed by atoms with Gasteiger partial charge in [0.25, 0.3) is 0 Å². The molecule has 1 rings (SSSR count). The van der Waals surface area contributed by atoms with E-state index in [0.717, 1.165) is 19.3 Å². The summed E-state index contributed by atoms with van der Waals surface area (Å²) in [5.74, 6) is -1.08. The van der Waals surface area contributed by atoms with Crippen LogP contribution in [0.4, 0.5) is 0 Å². The van der Waals surface area contributed by atoms with Crippen molar-refractivity contribution in [1.82, 2.24) is 0 Å². The Balaban J connectivity index is 2.60. The zero-order valence-corrected chi connectivity index (χ0v) is 16.4. The van der Waals surface area contributed by atoms with Gasteiger partial charge < -0.3 is 9.84 Å². The number of hydrogen-bond acceptors (Lipinski definition) is 4. The Morgan fingerprint density at radius 3 is 2.44 bits per heavy atom. The van der Waals surface area contributed by atoms with Crippen molar-refractivity contribution in [3.63, 3.8) is 0 Å². The van der Waals surface area contributed by atoms with Crippen molar-refractivity contribution < 1.29 is 23.7 Å². The number of carboxylic acid groups (broad SMARTS) is 1. The molecule has 0 heterocycles. The predicted molar refractivity (Wildman–Crippen MR) is 100 cm³/mol. The minimum absolute atomic E-state index is 0.0120. The lowest BCUT2D eigenvalue weighted by Crippen LogP contribution is -2.25. The van der Waals surface area contributed by atoms with Gasteiger partial charge in [0.05, 0.1) is 0 Å². The molecule has 1 N–H and O–H groups in total. The zero-order valence-electron chi connectivity index (χ0n) is 15.5. The zero-order chi connectivity index (χ0) is 18.7. The lowest BCUT2D eigenvalue weighted by Gasteiger charge is -2.27. The molecule has 0 amide bonds. The minimum atomic E-state index is -3.27. The van der Waals surface area contributed by atoms with Crippen molar-refractivity contribution in [3.8, 4) is 0 Å². The maximum absolute atomic E-state index is 13.0. The van der Waals surface area contributed by atoms with Gasteiger partial charge in [0.1, 0.15) is 6.16 Å². The fraction of sp³-hybridized carbons (Fsp3) is 0.632. The molecule has 1 aromatic carbocycles. The second-order valence-corrected chi connectivity index (χ2v) is 9.22. The van der Waals surface area contributed by atoms with Crippen molar-refractivity contribution in [2.24, 2.45) is 5.92 Å². The summed E-state index contributed by atoms with van der Waals surface area (Å²) in [5.41, 5.74) is 1.22. The number of aryl methyl sites for hydroxylation is 1. The average Bonchev–Trinajstić information content (AvgIpc) is 2.55. The number of carbonyl (C=O) groups is 1. The molecular weight excluding hydrogens is 339 g/mol. The van der Waals surface area contributed by atoms with E-state index in [1.165, 1.54) is 5.56 Å². The van der Waals surface area contributed by atoms with E-state index in [0.29, 0.717) is 13.0 Å². The number of hydrogen-bond donors (Lipinski definition) is 1. The summed E-state index contributed by atoms with van der Waals surface area (Å²) in [6.07, 6.45) is 2.42. The molecule has 0 unspecified atom stereocenters. The molecule has 5 nitrogen and oxygen atoms in total. The van der Waals surface area contributed by atoms with Crippen LogP contribution >= 0.6 is 7.37 Å². The highest BCUT2D eigenvalue weighted by Crippen LogP contribution is 2.49. The summed E-state index contributed by atoms with van der Waals surface area (Å²) in [6, 6.07) is 10.1. The van der Waals surface area contributed by atoms with Gasteiger partial charge in [-0.05, 0) is 31.2 Å². The van der Waals surface area contributed by atoms with Crippen LogP contribution in [-0.4, -0.2) is 36.3 Å². The summed E-state index contributed by atoms with van der Waals surface area (Å²) in [7, 11) is -3.27. The Kier molecular flexibility index (Phi) is 10.0. The molecular formula is C19H31O5P. The predicted octanol–water partition coefficient (Wildman–Crippen LogP) is 4.80. The summed E-state index contributed by atoms with van der Waals surface area (Å²) < 4.78 is 24.4. The molecule has 6 heteroatoms. The van der Waals surface area contributed by atoms with Gasteiger partial charge in [-0.1, -0.05) is 51.1 Å². The second kappa shape index (κ2) is 11.5. The Labute approximate surface area is 151 Å². The fourth-order valence-electron chi connectivity index (χ4n) is 2.47. The summed E-state index contributed by atoms with van der Waals surface area (Å²) in [4.78, 5) is 11.1. The number of unbranched alkanes of at least 4 members (excludes halogenated alkanes) is 1. The Morgan fingerprint density at radius 1 is 1.20 bits per heavy atom. The number of benzene rings is 1. The Bertz CT molecular complexity index is 544. The normalized spacial score (nSPS) is 15.0. The Hall–Kier alpha value is -1.16. The third-order valence-electron chi connectivity index (χ3n) is 3.76. The first-order valence-corrected chi connectivity index (χ1v) is 11.0. The van der Waals surface area contributed by atoms with Crippen LogP contribution in [0.1, 0.15) is 45.6 Å². The highest BCUT2D eigenvalue weighted by molar-refractivity contribution is 7.59. The Morgan fingerprint density at radius 2 is 1.88 bits per heavy atom. The van der Waals surface area contributed by atoms with E-state index in [-0.39, 0.29) is 12.1 Å². The van der Waals surface area contributed by atoms with Crippen molar-refractivity contribution in [3.05, 3.63) is 35.9 Å². The van der Waals surface area contributed by atoms with Crippen LogP contribution in [0.3, 0.4) is 0 Å². The molecule has 0 aliphatic heterocycles. The van der Waals surface area contributed by atoms with Gasteiger partial charge >= 0.3 is 5.97 Å². The molecule has 0 aliphatic carbocycles. The van der Waals surface area contributed by atoms with E-state index < -0.39 is 25.8 Å². The van der Waals surface area contributed by atoms with E-state index in [9.17, 15) is 9.36 Å². The van der Waals surface area contributed by atoms with Crippen molar-refractivity contribution in [2.75, 3.05) is 18.9 Å². The first-order chi connectivity index (χ1) is 11.9. The molecule has 142 valence electrons. The van der Waals surface area contributed by atoms with E-state index in [4.69, 9.17) is 14.4 Å². The smallest absolute Gasteiger partial charge is 0.313 e. The third-order valence-corrected chi connectivity index (χ3v) is 6.10. The number of aliphatic carboxylic acids is 1. The lowest BCUT2D eigenvalue weighted by molar-refractivity contribution is -0.134. The van der Waals surface area contributed by atoms with Gasteiger partial charge in [0, 0.05) is 18.7 Å². The average molecular weight is 370 g/mol.